The first-order chi connectivity index (χ1) is 9.88. The number of hydrogen-bond donors (Lipinski definition) is 2. The summed E-state index contributed by atoms with van der Waals surface area (Å²) in [6.07, 6.45) is 0. The lowest BCUT2D eigenvalue weighted by Crippen LogP contribution is -2.29. The number of hydrogen-bond acceptors (Lipinski definition) is 3. The summed E-state index contributed by atoms with van der Waals surface area (Å²) >= 11 is 5.85. The van der Waals surface area contributed by atoms with Crippen LogP contribution >= 0.6 is 11.6 Å². The SMILES string of the molecule is CC(c1ccc(Cl)cc1)N(C)C(=O)c1cc(O)cc(O)c1. The van der Waals surface area contributed by atoms with Crippen LogP contribution in [0.5, 0.6) is 11.5 Å². The molecule has 21 heavy (non-hydrogen) atoms. The molecule has 0 aliphatic carbocycles. The Bertz CT molecular complexity index is 635. The van der Waals surface area contributed by atoms with Crippen LogP contribution in [0.2, 0.25) is 5.02 Å². The number of benzene rings is 2. The van der Waals surface area contributed by atoms with Crippen molar-refractivity contribution in [1.29, 1.82) is 0 Å². The third-order valence-electron chi connectivity index (χ3n) is 3.40. The second kappa shape index (κ2) is 6.06. The maximum Gasteiger partial charge on any atom is 0.254 e. The maximum atomic E-state index is 12.4. The molecule has 0 aliphatic rings. The van der Waals surface area contributed by atoms with E-state index in [1.165, 1.54) is 23.1 Å². The minimum atomic E-state index is -0.288. The minimum absolute atomic E-state index is 0.147. The zero-order valence-electron chi connectivity index (χ0n) is 11.7. The van der Waals surface area contributed by atoms with E-state index in [0.29, 0.717) is 5.02 Å². The normalized spacial score (nSPS) is 12.0. The smallest absolute Gasteiger partial charge is 0.254 e. The third kappa shape index (κ3) is 3.47. The molecule has 2 aromatic rings. The lowest BCUT2D eigenvalue weighted by atomic mass is 10.1. The van der Waals surface area contributed by atoms with Gasteiger partial charge in [-0.25, -0.2) is 0 Å². The molecule has 2 rings (SSSR count). The van der Waals surface area contributed by atoms with Crippen LogP contribution < -0.4 is 0 Å². The molecule has 5 heteroatoms. The third-order valence-corrected chi connectivity index (χ3v) is 3.66. The van der Waals surface area contributed by atoms with Crippen LogP contribution in [0, 0.1) is 0 Å². The predicted octanol–water partition coefficient (Wildman–Crippen LogP) is 3.58. The first-order valence-electron chi connectivity index (χ1n) is 6.44. The molecule has 4 nitrogen and oxygen atoms in total. The summed E-state index contributed by atoms with van der Waals surface area (Å²) < 4.78 is 0. The van der Waals surface area contributed by atoms with E-state index < -0.39 is 0 Å². The largest absolute Gasteiger partial charge is 0.508 e. The molecule has 0 saturated carbocycles. The Morgan fingerprint density at radius 1 is 1.10 bits per heavy atom. The summed E-state index contributed by atoms with van der Waals surface area (Å²) in [4.78, 5) is 13.9. The van der Waals surface area contributed by atoms with E-state index in [2.05, 4.69) is 0 Å². The Labute approximate surface area is 128 Å². The van der Waals surface area contributed by atoms with Crippen LogP contribution in [0.25, 0.3) is 0 Å². The second-order valence-electron chi connectivity index (χ2n) is 4.88. The molecule has 2 N–H and O–H groups in total. The molecule has 0 radical (unpaired) electrons. The van der Waals surface area contributed by atoms with Crippen molar-refractivity contribution in [2.45, 2.75) is 13.0 Å². The second-order valence-corrected chi connectivity index (χ2v) is 5.32. The first-order valence-corrected chi connectivity index (χ1v) is 6.82. The molecular weight excluding hydrogens is 290 g/mol. The molecule has 0 bridgehead atoms. The van der Waals surface area contributed by atoms with Gasteiger partial charge in [-0.05, 0) is 36.8 Å². The van der Waals surface area contributed by atoms with Crippen molar-refractivity contribution in [3.05, 3.63) is 58.6 Å². The van der Waals surface area contributed by atoms with Gasteiger partial charge in [0.1, 0.15) is 11.5 Å². The number of rotatable bonds is 3. The van der Waals surface area contributed by atoms with E-state index in [1.54, 1.807) is 19.2 Å². The van der Waals surface area contributed by atoms with Crippen molar-refractivity contribution in [2.75, 3.05) is 7.05 Å². The van der Waals surface area contributed by atoms with Crippen LogP contribution in [-0.2, 0) is 0 Å². The van der Waals surface area contributed by atoms with Crippen molar-refractivity contribution in [2.24, 2.45) is 0 Å². The molecule has 1 amide bonds. The highest BCUT2D eigenvalue weighted by molar-refractivity contribution is 6.30. The number of aromatic hydroxyl groups is 2. The van der Waals surface area contributed by atoms with Gasteiger partial charge in [-0.15, -0.1) is 0 Å². The van der Waals surface area contributed by atoms with Gasteiger partial charge in [0, 0.05) is 23.7 Å². The average Bonchev–Trinajstić information content (AvgIpc) is 2.44. The topological polar surface area (TPSA) is 60.8 Å². The van der Waals surface area contributed by atoms with Crippen molar-refractivity contribution in [3.63, 3.8) is 0 Å². The van der Waals surface area contributed by atoms with E-state index >= 15 is 0 Å². The van der Waals surface area contributed by atoms with Gasteiger partial charge in [0.15, 0.2) is 0 Å². The summed E-state index contributed by atoms with van der Waals surface area (Å²) in [5.74, 6) is -0.583. The van der Waals surface area contributed by atoms with E-state index in [9.17, 15) is 15.0 Å². The summed E-state index contributed by atoms with van der Waals surface area (Å²) in [6.45, 7) is 1.89. The molecule has 0 fully saturated rings. The highest BCUT2D eigenvalue weighted by atomic mass is 35.5. The Kier molecular flexibility index (Phi) is 4.38. The van der Waals surface area contributed by atoms with E-state index in [-0.39, 0.29) is 29.0 Å². The zero-order chi connectivity index (χ0) is 15.6. The average molecular weight is 306 g/mol. The van der Waals surface area contributed by atoms with Gasteiger partial charge >= 0.3 is 0 Å². The van der Waals surface area contributed by atoms with Crippen LogP contribution in [0.4, 0.5) is 0 Å². The highest BCUT2D eigenvalue weighted by Crippen LogP contribution is 2.25. The molecule has 2 aromatic carbocycles. The lowest BCUT2D eigenvalue weighted by molar-refractivity contribution is 0.0742. The monoisotopic (exact) mass is 305 g/mol. The van der Waals surface area contributed by atoms with Crippen molar-refractivity contribution in [3.8, 4) is 11.5 Å². The quantitative estimate of drug-likeness (QED) is 0.911. The van der Waals surface area contributed by atoms with Crippen LogP contribution in [0.3, 0.4) is 0 Å². The number of halogens is 1. The fourth-order valence-electron chi connectivity index (χ4n) is 2.06. The summed E-state index contributed by atoms with van der Waals surface area (Å²) in [5.41, 5.74) is 1.18. The zero-order valence-corrected chi connectivity index (χ0v) is 12.5. The molecule has 0 aliphatic heterocycles. The van der Waals surface area contributed by atoms with Gasteiger partial charge in [0.25, 0.3) is 5.91 Å². The van der Waals surface area contributed by atoms with Gasteiger partial charge in [-0.1, -0.05) is 23.7 Å². The molecule has 1 unspecified atom stereocenters. The standard InChI is InChI=1S/C16H16ClNO3/c1-10(11-3-5-13(17)6-4-11)18(2)16(21)12-7-14(19)9-15(20)8-12/h3-10,19-20H,1-2H3. The fraction of sp³-hybridized carbons (Fsp3) is 0.188. The fourth-order valence-corrected chi connectivity index (χ4v) is 2.19. The number of carbonyl (C=O) groups is 1. The van der Waals surface area contributed by atoms with Gasteiger partial charge < -0.3 is 15.1 Å². The molecule has 1 atom stereocenters. The van der Waals surface area contributed by atoms with Gasteiger partial charge in [0.05, 0.1) is 6.04 Å². The van der Waals surface area contributed by atoms with E-state index in [0.717, 1.165) is 5.56 Å². The Morgan fingerprint density at radius 2 is 1.62 bits per heavy atom. The van der Waals surface area contributed by atoms with Gasteiger partial charge in [-0.2, -0.15) is 0 Å². The van der Waals surface area contributed by atoms with Crippen molar-refractivity contribution >= 4 is 17.5 Å². The van der Waals surface area contributed by atoms with Crippen LogP contribution in [0.15, 0.2) is 42.5 Å². The predicted molar refractivity (Wildman–Crippen MR) is 81.7 cm³/mol. The summed E-state index contributed by atoms with van der Waals surface area (Å²) in [7, 11) is 1.67. The van der Waals surface area contributed by atoms with Crippen molar-refractivity contribution in [1.82, 2.24) is 4.90 Å². The lowest BCUT2D eigenvalue weighted by Gasteiger charge is -2.25. The van der Waals surface area contributed by atoms with Crippen LogP contribution in [0.1, 0.15) is 28.9 Å². The first kappa shape index (κ1) is 15.2. The van der Waals surface area contributed by atoms with E-state index in [4.69, 9.17) is 11.6 Å². The van der Waals surface area contributed by atoms with Crippen molar-refractivity contribution < 1.29 is 15.0 Å². The Hall–Kier alpha value is -2.20. The van der Waals surface area contributed by atoms with Crippen LogP contribution in [-0.4, -0.2) is 28.1 Å². The van der Waals surface area contributed by atoms with Gasteiger partial charge in [-0.3, -0.25) is 4.79 Å². The molecule has 0 spiro atoms. The molecule has 0 heterocycles. The molecule has 110 valence electrons. The summed E-state index contributed by atoms with van der Waals surface area (Å²) in [5, 5.41) is 19.6. The molecule has 0 aromatic heterocycles. The molecular formula is C16H16ClNO3. The Balaban J connectivity index is 2.23. The molecule has 0 saturated heterocycles. The summed E-state index contributed by atoms with van der Waals surface area (Å²) in [6, 6.07) is 10.9. The number of phenolic OH excluding ortho intramolecular Hbond substituents is 2. The number of amides is 1. The number of phenols is 2. The van der Waals surface area contributed by atoms with E-state index in [1.807, 2.05) is 19.1 Å². The Morgan fingerprint density at radius 3 is 2.14 bits per heavy atom. The maximum absolute atomic E-state index is 12.4. The number of carbonyl (C=O) groups excluding carboxylic acids is 1. The highest BCUT2D eigenvalue weighted by Gasteiger charge is 2.19. The number of nitrogens with zero attached hydrogens (tertiary/aromatic N) is 1. The van der Waals surface area contributed by atoms with Gasteiger partial charge in [0.2, 0.25) is 0 Å². The minimum Gasteiger partial charge on any atom is -0.508 e.